The van der Waals surface area contributed by atoms with Crippen LogP contribution >= 0.6 is 11.6 Å². The van der Waals surface area contributed by atoms with Crippen molar-refractivity contribution >= 4 is 29.1 Å². The van der Waals surface area contributed by atoms with Gasteiger partial charge in [0.2, 0.25) is 11.8 Å². The van der Waals surface area contributed by atoms with Gasteiger partial charge in [0.05, 0.1) is 12.6 Å². The van der Waals surface area contributed by atoms with Crippen molar-refractivity contribution in [3.8, 4) is 0 Å². The molecule has 0 radical (unpaired) electrons. The first-order valence-corrected chi connectivity index (χ1v) is 7.95. The second-order valence-corrected chi connectivity index (χ2v) is 5.65. The molecule has 1 aromatic rings. The van der Waals surface area contributed by atoms with Crippen molar-refractivity contribution < 1.29 is 9.59 Å². The molecule has 22 heavy (non-hydrogen) atoms. The summed E-state index contributed by atoms with van der Waals surface area (Å²) in [5.74, 6) is -0.414. The fourth-order valence-corrected chi connectivity index (χ4v) is 2.24. The summed E-state index contributed by atoms with van der Waals surface area (Å²) in [5, 5.41) is 3.35. The van der Waals surface area contributed by atoms with E-state index in [1.807, 2.05) is 13.8 Å². The molecule has 3 N–H and O–H groups in total. The quantitative estimate of drug-likeness (QED) is 0.771. The van der Waals surface area contributed by atoms with E-state index in [9.17, 15) is 9.59 Å². The predicted molar refractivity (Wildman–Crippen MR) is 89.8 cm³/mol. The van der Waals surface area contributed by atoms with Crippen LogP contribution in [-0.4, -0.2) is 35.8 Å². The summed E-state index contributed by atoms with van der Waals surface area (Å²) >= 11 is 5.80. The van der Waals surface area contributed by atoms with Gasteiger partial charge in [-0.3, -0.25) is 9.59 Å². The fourth-order valence-electron chi connectivity index (χ4n) is 2.11. The van der Waals surface area contributed by atoms with Gasteiger partial charge in [-0.1, -0.05) is 31.9 Å². The molecular weight excluding hydrogens is 302 g/mol. The molecule has 0 bridgehead atoms. The molecule has 2 amide bonds. The molecule has 1 rings (SSSR count). The minimum absolute atomic E-state index is 0.00666. The highest BCUT2D eigenvalue weighted by Gasteiger charge is 2.21. The number of amides is 2. The highest BCUT2D eigenvalue weighted by Crippen LogP contribution is 2.13. The van der Waals surface area contributed by atoms with Gasteiger partial charge in [-0.25, -0.2) is 0 Å². The van der Waals surface area contributed by atoms with Crippen LogP contribution in [0.15, 0.2) is 24.3 Å². The molecule has 0 aliphatic carbocycles. The van der Waals surface area contributed by atoms with E-state index in [0.717, 1.165) is 12.8 Å². The fraction of sp³-hybridized carbons (Fsp3) is 0.500. The van der Waals surface area contributed by atoms with Gasteiger partial charge >= 0.3 is 0 Å². The summed E-state index contributed by atoms with van der Waals surface area (Å²) in [6.07, 6.45) is 2.24. The van der Waals surface area contributed by atoms with E-state index in [0.29, 0.717) is 23.7 Å². The summed E-state index contributed by atoms with van der Waals surface area (Å²) in [4.78, 5) is 25.9. The van der Waals surface area contributed by atoms with Crippen molar-refractivity contribution in [2.24, 2.45) is 5.73 Å². The van der Waals surface area contributed by atoms with Crippen LogP contribution in [0.5, 0.6) is 0 Å². The number of carbonyl (C=O) groups excluding carboxylic acids is 2. The second-order valence-electron chi connectivity index (χ2n) is 5.21. The molecule has 0 aliphatic heterocycles. The Kier molecular flexibility index (Phi) is 7.91. The Morgan fingerprint density at radius 2 is 1.86 bits per heavy atom. The van der Waals surface area contributed by atoms with Gasteiger partial charge in [-0.2, -0.15) is 0 Å². The number of benzene rings is 1. The third kappa shape index (κ3) is 6.03. The lowest BCUT2D eigenvalue weighted by molar-refractivity contribution is -0.136. The summed E-state index contributed by atoms with van der Waals surface area (Å²) < 4.78 is 0. The van der Waals surface area contributed by atoms with Crippen molar-refractivity contribution in [2.75, 3.05) is 18.4 Å². The Balaban J connectivity index is 2.63. The summed E-state index contributed by atoms with van der Waals surface area (Å²) in [5.41, 5.74) is 6.52. The van der Waals surface area contributed by atoms with Gasteiger partial charge in [0.15, 0.2) is 0 Å². The second kappa shape index (κ2) is 9.43. The normalized spacial score (nSPS) is 11.8. The van der Waals surface area contributed by atoms with E-state index in [4.69, 9.17) is 17.3 Å². The number of carbonyl (C=O) groups is 2. The Morgan fingerprint density at radius 3 is 2.41 bits per heavy atom. The van der Waals surface area contributed by atoms with Crippen LogP contribution in [0, 0.1) is 0 Å². The predicted octanol–water partition coefficient (Wildman–Crippen LogP) is 2.64. The number of nitrogens with zero attached hydrogens (tertiary/aromatic N) is 1. The molecule has 0 aliphatic rings. The highest BCUT2D eigenvalue weighted by molar-refractivity contribution is 6.30. The molecule has 6 heteroatoms. The van der Waals surface area contributed by atoms with Gasteiger partial charge in [-0.05, 0) is 37.1 Å². The summed E-state index contributed by atoms with van der Waals surface area (Å²) in [6, 6.07) is 6.29. The number of hydrogen-bond acceptors (Lipinski definition) is 3. The standard InChI is InChI=1S/C16H24ClN3O2/c1-3-5-14(18)16(22)20(10-4-2)11-15(21)19-13-8-6-12(17)7-9-13/h6-9,14H,3-5,10-11,18H2,1-2H3,(H,19,21). The van der Waals surface area contributed by atoms with Gasteiger partial charge in [0.25, 0.3) is 0 Å². The van der Waals surface area contributed by atoms with Crippen molar-refractivity contribution in [1.82, 2.24) is 4.90 Å². The zero-order valence-corrected chi connectivity index (χ0v) is 13.9. The van der Waals surface area contributed by atoms with E-state index >= 15 is 0 Å². The number of halogens is 1. The monoisotopic (exact) mass is 325 g/mol. The number of nitrogens with two attached hydrogens (primary N) is 1. The molecule has 5 nitrogen and oxygen atoms in total. The lowest BCUT2D eigenvalue weighted by Crippen LogP contribution is -2.47. The average molecular weight is 326 g/mol. The van der Waals surface area contributed by atoms with Gasteiger partial charge in [0.1, 0.15) is 0 Å². The van der Waals surface area contributed by atoms with E-state index in [2.05, 4.69) is 5.32 Å². The lowest BCUT2D eigenvalue weighted by atomic mass is 10.1. The van der Waals surface area contributed by atoms with Crippen LogP contribution in [0.2, 0.25) is 5.02 Å². The zero-order chi connectivity index (χ0) is 16.5. The number of rotatable bonds is 8. The largest absolute Gasteiger partial charge is 0.332 e. The molecule has 0 fully saturated rings. The Labute approximate surface area is 136 Å². The molecule has 0 aromatic heterocycles. The molecule has 0 heterocycles. The maximum absolute atomic E-state index is 12.3. The molecule has 0 saturated heterocycles. The first-order chi connectivity index (χ1) is 10.5. The molecule has 0 saturated carbocycles. The van der Waals surface area contributed by atoms with Crippen LogP contribution in [0.25, 0.3) is 0 Å². The number of anilines is 1. The van der Waals surface area contributed by atoms with Crippen LogP contribution in [0.4, 0.5) is 5.69 Å². The molecule has 1 atom stereocenters. The van der Waals surface area contributed by atoms with Gasteiger partial charge in [-0.15, -0.1) is 0 Å². The number of nitrogens with one attached hydrogen (secondary N) is 1. The van der Waals surface area contributed by atoms with E-state index in [-0.39, 0.29) is 18.4 Å². The molecule has 1 aromatic carbocycles. The molecule has 1 unspecified atom stereocenters. The maximum atomic E-state index is 12.3. The lowest BCUT2D eigenvalue weighted by Gasteiger charge is -2.24. The van der Waals surface area contributed by atoms with Crippen LogP contribution < -0.4 is 11.1 Å². The Bertz CT molecular complexity index is 491. The summed E-state index contributed by atoms with van der Waals surface area (Å²) in [7, 11) is 0. The topological polar surface area (TPSA) is 75.4 Å². The number of hydrogen-bond donors (Lipinski definition) is 2. The minimum Gasteiger partial charge on any atom is -0.332 e. The zero-order valence-electron chi connectivity index (χ0n) is 13.1. The first kappa shape index (κ1) is 18.5. The third-order valence-corrected chi connectivity index (χ3v) is 3.44. The smallest absolute Gasteiger partial charge is 0.243 e. The Morgan fingerprint density at radius 1 is 1.23 bits per heavy atom. The molecule has 122 valence electrons. The van der Waals surface area contributed by atoms with Crippen molar-refractivity contribution in [2.45, 2.75) is 39.2 Å². The maximum Gasteiger partial charge on any atom is 0.243 e. The first-order valence-electron chi connectivity index (χ1n) is 7.57. The highest BCUT2D eigenvalue weighted by atomic mass is 35.5. The molecule has 0 spiro atoms. The van der Waals surface area contributed by atoms with Crippen molar-refractivity contribution in [3.05, 3.63) is 29.3 Å². The molecular formula is C16H24ClN3O2. The van der Waals surface area contributed by atoms with E-state index in [1.54, 1.807) is 24.3 Å². The van der Waals surface area contributed by atoms with Gasteiger partial charge < -0.3 is 16.0 Å². The van der Waals surface area contributed by atoms with E-state index in [1.165, 1.54) is 4.90 Å². The van der Waals surface area contributed by atoms with Crippen molar-refractivity contribution in [3.63, 3.8) is 0 Å². The average Bonchev–Trinajstić information content (AvgIpc) is 2.48. The summed E-state index contributed by atoms with van der Waals surface area (Å²) in [6.45, 7) is 4.46. The van der Waals surface area contributed by atoms with Crippen LogP contribution in [-0.2, 0) is 9.59 Å². The SMILES string of the molecule is CCCC(N)C(=O)N(CCC)CC(=O)Nc1ccc(Cl)cc1. The van der Waals surface area contributed by atoms with E-state index < -0.39 is 6.04 Å². The van der Waals surface area contributed by atoms with Crippen LogP contribution in [0.1, 0.15) is 33.1 Å². The third-order valence-electron chi connectivity index (χ3n) is 3.18. The van der Waals surface area contributed by atoms with Gasteiger partial charge in [0, 0.05) is 17.3 Å². The van der Waals surface area contributed by atoms with Crippen molar-refractivity contribution in [1.29, 1.82) is 0 Å². The minimum atomic E-state index is -0.542. The van der Waals surface area contributed by atoms with Crippen LogP contribution in [0.3, 0.4) is 0 Å². The Hall–Kier alpha value is -1.59.